The molecule has 0 aliphatic heterocycles. The molecular weight excluding hydrogens is 238 g/mol. The summed E-state index contributed by atoms with van der Waals surface area (Å²) in [6.07, 6.45) is -6.25. The third-order valence-electron chi connectivity index (χ3n) is 1.87. The van der Waals surface area contributed by atoms with Crippen molar-refractivity contribution in [3.05, 3.63) is 35.1 Å². The Morgan fingerprint density at radius 1 is 1.06 bits per heavy atom. The van der Waals surface area contributed by atoms with E-state index >= 15 is 0 Å². The summed E-state index contributed by atoms with van der Waals surface area (Å²) in [6.45, 7) is 0. The first-order chi connectivity index (χ1) is 7.21. The highest BCUT2D eigenvalue weighted by molar-refractivity contribution is 5.78. The third-order valence-corrected chi connectivity index (χ3v) is 1.87. The van der Waals surface area contributed by atoms with E-state index in [1.54, 1.807) is 0 Å². The molecule has 0 spiro atoms. The molecule has 0 saturated heterocycles. The average Bonchev–Trinajstić information content (AvgIpc) is 2.15. The molecule has 0 fully saturated rings. The smallest absolute Gasteiger partial charge is 0.298 e. The fourth-order valence-corrected chi connectivity index (χ4v) is 1.08. The van der Waals surface area contributed by atoms with E-state index in [9.17, 15) is 31.1 Å². The summed E-state index contributed by atoms with van der Waals surface area (Å²) in [4.78, 5) is 10.3. The molecule has 0 heterocycles. The Kier molecular flexibility index (Phi) is 2.98. The predicted molar refractivity (Wildman–Crippen MR) is 41.7 cm³/mol. The van der Waals surface area contributed by atoms with Crippen LogP contribution in [0.3, 0.4) is 0 Å². The van der Waals surface area contributed by atoms with Crippen LogP contribution in [0.5, 0.6) is 0 Å². The lowest BCUT2D eigenvalue weighted by atomic mass is 10.0. The first-order valence-electron chi connectivity index (χ1n) is 3.90. The molecule has 0 aromatic heterocycles. The monoisotopic (exact) mass is 242 g/mol. The van der Waals surface area contributed by atoms with Crippen LogP contribution in [0.4, 0.5) is 26.3 Å². The third kappa shape index (κ3) is 1.89. The molecule has 88 valence electrons. The number of halogens is 6. The second kappa shape index (κ2) is 3.80. The molecule has 1 aromatic rings. The van der Waals surface area contributed by atoms with Gasteiger partial charge in [-0.3, -0.25) is 4.79 Å². The maximum absolute atomic E-state index is 12.8. The Bertz CT molecular complexity index is 409. The predicted octanol–water partition coefficient (Wildman–Crippen LogP) is 3.29. The molecular formula is C9H4F6O. The zero-order chi connectivity index (χ0) is 12.6. The molecule has 0 bridgehead atoms. The topological polar surface area (TPSA) is 17.1 Å². The normalized spacial score (nSPS) is 12.6. The minimum absolute atomic E-state index is 0.361. The summed E-state index contributed by atoms with van der Waals surface area (Å²) in [5, 5.41) is 0. The van der Waals surface area contributed by atoms with Crippen molar-refractivity contribution in [3.8, 4) is 0 Å². The van der Waals surface area contributed by atoms with Crippen LogP contribution in [0.2, 0.25) is 0 Å². The molecule has 0 aliphatic carbocycles. The molecule has 0 saturated carbocycles. The molecule has 0 atom stereocenters. The maximum Gasteiger partial charge on any atom is 0.458 e. The van der Waals surface area contributed by atoms with E-state index in [1.807, 2.05) is 0 Å². The van der Waals surface area contributed by atoms with Gasteiger partial charge in [0.25, 0.3) is 0 Å². The number of benzene rings is 1. The van der Waals surface area contributed by atoms with E-state index in [-0.39, 0.29) is 6.29 Å². The van der Waals surface area contributed by atoms with E-state index < -0.39 is 29.0 Å². The quantitative estimate of drug-likeness (QED) is 0.574. The van der Waals surface area contributed by atoms with E-state index in [2.05, 4.69) is 0 Å². The molecule has 1 rings (SSSR count). The molecule has 0 N–H and O–H groups in total. The van der Waals surface area contributed by atoms with Crippen molar-refractivity contribution in [1.29, 1.82) is 0 Å². The van der Waals surface area contributed by atoms with Crippen LogP contribution < -0.4 is 0 Å². The maximum atomic E-state index is 12.8. The molecule has 0 unspecified atom stereocenters. The highest BCUT2D eigenvalue weighted by Gasteiger charge is 2.59. The number of rotatable bonds is 2. The Hall–Kier alpha value is -1.53. The van der Waals surface area contributed by atoms with Gasteiger partial charge in [0.05, 0.1) is 5.56 Å². The first-order valence-corrected chi connectivity index (χ1v) is 3.90. The molecule has 16 heavy (non-hydrogen) atoms. The number of aldehydes is 1. The second-order valence-corrected chi connectivity index (χ2v) is 2.89. The summed E-state index contributed by atoms with van der Waals surface area (Å²) in [6, 6.07) is 1.66. The lowest BCUT2D eigenvalue weighted by molar-refractivity contribution is -0.289. The van der Waals surface area contributed by atoms with E-state index in [0.717, 1.165) is 0 Å². The van der Waals surface area contributed by atoms with Gasteiger partial charge in [-0.1, -0.05) is 12.1 Å². The van der Waals surface area contributed by atoms with Crippen LogP contribution in [-0.4, -0.2) is 12.5 Å². The largest absolute Gasteiger partial charge is 0.458 e. The Labute approximate surface area is 85.7 Å². The fraction of sp³-hybridized carbons (Fsp3) is 0.222. The SMILES string of the molecule is O=Cc1c(F)cccc1C(F)(F)C(F)(F)F. The number of carbonyl (C=O) groups is 1. The van der Waals surface area contributed by atoms with Gasteiger partial charge in [-0.25, -0.2) is 4.39 Å². The highest BCUT2D eigenvalue weighted by atomic mass is 19.4. The van der Waals surface area contributed by atoms with Gasteiger partial charge in [0.15, 0.2) is 6.29 Å². The van der Waals surface area contributed by atoms with Gasteiger partial charge in [0.2, 0.25) is 0 Å². The lowest BCUT2D eigenvalue weighted by Gasteiger charge is -2.21. The van der Waals surface area contributed by atoms with E-state index in [1.165, 1.54) is 0 Å². The second-order valence-electron chi connectivity index (χ2n) is 2.89. The zero-order valence-corrected chi connectivity index (χ0v) is 7.49. The van der Waals surface area contributed by atoms with Crippen LogP contribution in [0.25, 0.3) is 0 Å². The van der Waals surface area contributed by atoms with Crippen LogP contribution in [0, 0.1) is 5.82 Å². The zero-order valence-electron chi connectivity index (χ0n) is 7.49. The Morgan fingerprint density at radius 3 is 2.06 bits per heavy atom. The van der Waals surface area contributed by atoms with Crippen LogP contribution >= 0.6 is 0 Å². The molecule has 1 aromatic carbocycles. The summed E-state index contributed by atoms with van der Waals surface area (Å²) in [5.74, 6) is -6.68. The number of hydrogen-bond acceptors (Lipinski definition) is 1. The summed E-state index contributed by atoms with van der Waals surface area (Å²) >= 11 is 0. The van der Waals surface area contributed by atoms with Crippen LogP contribution in [0.1, 0.15) is 15.9 Å². The molecule has 1 nitrogen and oxygen atoms in total. The standard InChI is InChI=1S/C9H4F6O/c10-7-3-1-2-6(5(7)4-16)8(11,12)9(13,14)15/h1-4H. The van der Waals surface area contributed by atoms with Gasteiger partial charge in [-0.2, -0.15) is 22.0 Å². The van der Waals surface area contributed by atoms with Crippen molar-refractivity contribution in [2.75, 3.05) is 0 Å². The Morgan fingerprint density at radius 2 is 1.62 bits per heavy atom. The first kappa shape index (κ1) is 12.5. The van der Waals surface area contributed by atoms with Crippen molar-refractivity contribution in [2.24, 2.45) is 0 Å². The van der Waals surface area contributed by atoms with Crippen molar-refractivity contribution in [3.63, 3.8) is 0 Å². The van der Waals surface area contributed by atoms with Crippen LogP contribution in [-0.2, 0) is 5.92 Å². The molecule has 7 heteroatoms. The van der Waals surface area contributed by atoms with Crippen molar-refractivity contribution < 1.29 is 31.1 Å². The molecule has 0 radical (unpaired) electrons. The fourth-order valence-electron chi connectivity index (χ4n) is 1.08. The summed E-state index contributed by atoms with van der Waals surface area (Å²) in [5.41, 5.74) is -2.97. The molecule has 0 amide bonds. The minimum atomic E-state index is -5.88. The lowest BCUT2D eigenvalue weighted by Crippen LogP contribution is -2.34. The van der Waals surface area contributed by atoms with Gasteiger partial charge in [0.1, 0.15) is 5.82 Å². The number of alkyl halides is 5. The van der Waals surface area contributed by atoms with Gasteiger partial charge < -0.3 is 0 Å². The minimum Gasteiger partial charge on any atom is -0.298 e. The Balaban J connectivity index is 3.44. The van der Waals surface area contributed by atoms with Gasteiger partial charge in [-0.15, -0.1) is 0 Å². The van der Waals surface area contributed by atoms with Gasteiger partial charge in [0, 0.05) is 5.56 Å². The average molecular weight is 242 g/mol. The number of hydrogen-bond donors (Lipinski definition) is 0. The number of carbonyl (C=O) groups excluding carboxylic acids is 1. The van der Waals surface area contributed by atoms with Crippen LogP contribution in [0.15, 0.2) is 18.2 Å². The summed E-state index contributed by atoms with van der Waals surface area (Å²) in [7, 11) is 0. The summed E-state index contributed by atoms with van der Waals surface area (Å²) < 4.78 is 74.5. The molecule has 0 aliphatic rings. The van der Waals surface area contributed by atoms with Gasteiger partial charge in [-0.05, 0) is 6.07 Å². The van der Waals surface area contributed by atoms with Crippen molar-refractivity contribution in [1.82, 2.24) is 0 Å². The van der Waals surface area contributed by atoms with E-state index in [4.69, 9.17) is 0 Å². The van der Waals surface area contributed by atoms with E-state index in [0.29, 0.717) is 18.2 Å². The van der Waals surface area contributed by atoms with Gasteiger partial charge >= 0.3 is 12.1 Å². The van der Waals surface area contributed by atoms with Crippen molar-refractivity contribution >= 4 is 6.29 Å². The highest BCUT2D eigenvalue weighted by Crippen LogP contribution is 2.44. The van der Waals surface area contributed by atoms with Crippen molar-refractivity contribution in [2.45, 2.75) is 12.1 Å².